The zero-order valence-electron chi connectivity index (χ0n) is 15.1. The molecule has 0 bridgehead atoms. The van der Waals surface area contributed by atoms with Gasteiger partial charge in [0.2, 0.25) is 0 Å². The predicted molar refractivity (Wildman–Crippen MR) is 96.4 cm³/mol. The van der Waals surface area contributed by atoms with E-state index in [1.807, 2.05) is 30.3 Å². The number of carbonyl (C=O) groups excluding carboxylic acids is 2. The molecule has 0 heterocycles. The van der Waals surface area contributed by atoms with E-state index in [1.165, 1.54) is 7.11 Å². The third-order valence-electron chi connectivity index (χ3n) is 4.31. The van der Waals surface area contributed by atoms with Crippen molar-refractivity contribution in [3.8, 4) is 0 Å². The van der Waals surface area contributed by atoms with Crippen LogP contribution in [-0.4, -0.2) is 24.9 Å². The number of carbonyl (C=O) groups is 2. The van der Waals surface area contributed by atoms with Crippen LogP contribution >= 0.6 is 0 Å². The highest BCUT2D eigenvalue weighted by atomic mass is 16.5. The number of esters is 1. The summed E-state index contributed by atoms with van der Waals surface area (Å²) in [5.41, 5.74) is 2.34. The summed E-state index contributed by atoms with van der Waals surface area (Å²) in [7, 11) is 1.28. The molecule has 0 fully saturated rings. The first-order valence-electron chi connectivity index (χ1n) is 8.44. The number of hydrogen-bond donors (Lipinski definition) is 0. The van der Waals surface area contributed by atoms with Crippen LogP contribution in [0.15, 0.2) is 47.0 Å². The summed E-state index contributed by atoms with van der Waals surface area (Å²) >= 11 is 0. The Kier molecular flexibility index (Phi) is 6.51. The Morgan fingerprint density at radius 1 is 1.20 bits per heavy atom. The van der Waals surface area contributed by atoms with Crippen LogP contribution in [0.1, 0.15) is 45.1 Å². The fourth-order valence-corrected chi connectivity index (χ4v) is 2.64. The topological polar surface area (TPSA) is 65.0 Å². The smallest absolute Gasteiger partial charge is 0.434 e. The molecule has 5 heteroatoms. The average molecular weight is 343 g/mol. The number of benzene rings is 1. The van der Waals surface area contributed by atoms with E-state index >= 15 is 0 Å². The van der Waals surface area contributed by atoms with Gasteiger partial charge in [-0.15, -0.1) is 0 Å². The van der Waals surface area contributed by atoms with Crippen molar-refractivity contribution >= 4 is 17.8 Å². The van der Waals surface area contributed by atoms with Gasteiger partial charge in [-0.05, 0) is 30.2 Å². The highest BCUT2D eigenvalue weighted by Crippen LogP contribution is 2.35. The monoisotopic (exact) mass is 343 g/mol. The molecule has 0 saturated heterocycles. The number of ether oxygens (including phenoxy) is 2. The van der Waals surface area contributed by atoms with E-state index in [4.69, 9.17) is 9.47 Å². The van der Waals surface area contributed by atoms with E-state index in [9.17, 15) is 9.59 Å². The third-order valence-corrected chi connectivity index (χ3v) is 4.31. The number of nitrogens with zero attached hydrogens (tertiary/aromatic N) is 1. The van der Waals surface area contributed by atoms with Crippen LogP contribution in [-0.2, 0) is 20.9 Å². The third kappa shape index (κ3) is 6.18. The van der Waals surface area contributed by atoms with E-state index in [1.54, 1.807) is 0 Å². The van der Waals surface area contributed by atoms with E-state index in [0.29, 0.717) is 6.42 Å². The van der Waals surface area contributed by atoms with Crippen LogP contribution in [0.2, 0.25) is 0 Å². The highest BCUT2D eigenvalue weighted by molar-refractivity contribution is 6.38. The zero-order valence-corrected chi connectivity index (χ0v) is 15.1. The lowest BCUT2D eigenvalue weighted by Gasteiger charge is -2.28. The average Bonchev–Trinajstić information content (AvgIpc) is 2.61. The summed E-state index contributed by atoms with van der Waals surface area (Å²) in [5.74, 6) is -0.595. The van der Waals surface area contributed by atoms with Crippen LogP contribution in [0.5, 0.6) is 0 Å². The van der Waals surface area contributed by atoms with Gasteiger partial charge in [-0.25, -0.2) is 9.59 Å². The molecule has 0 saturated carbocycles. The molecule has 0 spiro atoms. The summed E-state index contributed by atoms with van der Waals surface area (Å²) < 4.78 is 9.88. The Labute approximate surface area is 148 Å². The molecule has 0 N–H and O–H groups in total. The van der Waals surface area contributed by atoms with Crippen molar-refractivity contribution in [1.29, 1.82) is 0 Å². The molecule has 1 aromatic carbocycles. The van der Waals surface area contributed by atoms with Gasteiger partial charge in [0.1, 0.15) is 12.3 Å². The summed E-state index contributed by atoms with van der Waals surface area (Å²) in [6.07, 6.45) is 4.57. The van der Waals surface area contributed by atoms with Gasteiger partial charge in [0.05, 0.1) is 7.11 Å². The lowest BCUT2D eigenvalue weighted by Crippen LogP contribution is -2.21. The number of hydrogen-bond acceptors (Lipinski definition) is 4. The van der Waals surface area contributed by atoms with E-state index in [-0.39, 0.29) is 17.7 Å². The van der Waals surface area contributed by atoms with Gasteiger partial charge in [0.15, 0.2) is 0 Å². The molecule has 5 nitrogen and oxygen atoms in total. The molecule has 1 aliphatic carbocycles. The van der Waals surface area contributed by atoms with Crippen molar-refractivity contribution in [3.63, 3.8) is 0 Å². The summed E-state index contributed by atoms with van der Waals surface area (Å²) in [6, 6.07) is 9.32. The van der Waals surface area contributed by atoms with Crippen molar-refractivity contribution in [2.45, 2.75) is 46.1 Å². The molecule has 0 radical (unpaired) electrons. The van der Waals surface area contributed by atoms with Gasteiger partial charge < -0.3 is 9.47 Å². The predicted octanol–water partition coefficient (Wildman–Crippen LogP) is 4.46. The zero-order chi connectivity index (χ0) is 18.3. The normalized spacial score (nSPS) is 16.8. The standard InChI is InChI=1S/C20H25NO4/c1-20(2)11-9-15(10-12-20)13-17(18(22)24-3)21-19(23)25-14-16-7-5-4-6-8-16/h4-9H,10-14H2,1-3H3. The van der Waals surface area contributed by atoms with Crippen molar-refractivity contribution in [2.75, 3.05) is 7.11 Å². The SMILES string of the molecule is COC(=O)C(CC1=CCC(C)(C)CC1)=NC(=O)OCc1ccccc1. The lowest BCUT2D eigenvalue weighted by atomic mass is 9.77. The molecule has 1 amide bonds. The largest absolute Gasteiger partial charge is 0.465 e. The van der Waals surface area contributed by atoms with Crippen LogP contribution in [0.25, 0.3) is 0 Å². The first-order valence-corrected chi connectivity index (χ1v) is 8.44. The molecule has 0 aliphatic heterocycles. The van der Waals surface area contributed by atoms with Gasteiger partial charge in [-0.2, -0.15) is 4.99 Å². The second-order valence-electron chi connectivity index (χ2n) is 7.00. The second kappa shape index (κ2) is 8.60. The summed E-state index contributed by atoms with van der Waals surface area (Å²) in [6.45, 7) is 4.56. The Morgan fingerprint density at radius 3 is 2.52 bits per heavy atom. The van der Waals surface area contributed by atoms with Crippen molar-refractivity contribution in [3.05, 3.63) is 47.5 Å². The fraction of sp³-hybridized carbons (Fsp3) is 0.450. The maximum absolute atomic E-state index is 12.0. The second-order valence-corrected chi connectivity index (χ2v) is 7.00. The van der Waals surface area contributed by atoms with Gasteiger partial charge in [0.25, 0.3) is 0 Å². The van der Waals surface area contributed by atoms with E-state index in [2.05, 4.69) is 24.9 Å². The van der Waals surface area contributed by atoms with Crippen LogP contribution in [0.3, 0.4) is 0 Å². The Hall–Kier alpha value is -2.43. The summed E-state index contributed by atoms with van der Waals surface area (Å²) in [5, 5.41) is 0. The molecule has 0 aromatic heterocycles. The molecular formula is C20H25NO4. The summed E-state index contributed by atoms with van der Waals surface area (Å²) in [4.78, 5) is 27.7. The molecule has 1 aromatic rings. The number of amides is 1. The van der Waals surface area contributed by atoms with E-state index in [0.717, 1.165) is 30.4 Å². The Balaban J connectivity index is 2.01. The number of rotatable bonds is 5. The fourth-order valence-electron chi connectivity index (χ4n) is 2.64. The minimum atomic E-state index is -0.777. The molecule has 2 rings (SSSR count). The van der Waals surface area contributed by atoms with Crippen LogP contribution in [0, 0.1) is 5.41 Å². The quantitative estimate of drug-likeness (QED) is 0.450. The molecule has 1 aliphatic rings. The maximum Gasteiger partial charge on any atom is 0.434 e. The minimum absolute atomic E-state index is 0.0894. The Morgan fingerprint density at radius 2 is 1.92 bits per heavy atom. The molecule has 0 atom stereocenters. The number of methoxy groups -OCH3 is 1. The highest BCUT2D eigenvalue weighted by Gasteiger charge is 2.24. The van der Waals surface area contributed by atoms with Crippen LogP contribution < -0.4 is 0 Å². The molecule has 134 valence electrons. The maximum atomic E-state index is 12.0. The molecule has 25 heavy (non-hydrogen) atoms. The minimum Gasteiger partial charge on any atom is -0.465 e. The van der Waals surface area contributed by atoms with Crippen molar-refractivity contribution in [1.82, 2.24) is 0 Å². The Bertz CT molecular complexity index is 674. The lowest BCUT2D eigenvalue weighted by molar-refractivity contribution is -0.132. The van der Waals surface area contributed by atoms with Gasteiger partial charge in [-0.3, -0.25) is 0 Å². The first kappa shape index (κ1) is 18.9. The molecule has 0 unspecified atom stereocenters. The number of allylic oxidation sites excluding steroid dienone is 2. The van der Waals surface area contributed by atoms with Crippen molar-refractivity contribution < 1.29 is 19.1 Å². The van der Waals surface area contributed by atoms with Gasteiger partial charge >= 0.3 is 12.1 Å². The van der Waals surface area contributed by atoms with E-state index < -0.39 is 12.1 Å². The first-order chi connectivity index (χ1) is 11.9. The van der Waals surface area contributed by atoms with Gasteiger partial charge in [0, 0.05) is 6.42 Å². The van der Waals surface area contributed by atoms with Gasteiger partial charge in [-0.1, -0.05) is 55.8 Å². The van der Waals surface area contributed by atoms with Crippen LogP contribution in [0.4, 0.5) is 4.79 Å². The van der Waals surface area contributed by atoms with Crippen molar-refractivity contribution in [2.24, 2.45) is 10.4 Å². The molecular weight excluding hydrogens is 318 g/mol. The number of aliphatic imine (C=N–C) groups is 1.